The smallest absolute Gasteiger partial charge is 0.272 e. The number of carbonyl (C=O) groups excluding carboxylic acids is 3. The molecule has 0 aliphatic carbocycles. The van der Waals surface area contributed by atoms with E-state index in [1.54, 1.807) is 67.0 Å². The third kappa shape index (κ3) is 7.91. The summed E-state index contributed by atoms with van der Waals surface area (Å²) in [5.41, 5.74) is 2.49. The molecule has 0 saturated heterocycles. The van der Waals surface area contributed by atoms with Crippen LogP contribution in [0.5, 0.6) is 0 Å². The lowest BCUT2D eigenvalue weighted by atomic mass is 10.2. The number of anilines is 2. The second-order valence-corrected chi connectivity index (χ2v) is 8.89. The van der Waals surface area contributed by atoms with Gasteiger partial charge >= 0.3 is 0 Å². The van der Waals surface area contributed by atoms with Gasteiger partial charge in [0.05, 0.1) is 5.75 Å². The quantitative estimate of drug-likeness (QED) is 0.213. The normalized spacial score (nSPS) is 10.9. The Labute approximate surface area is 219 Å². The minimum atomic E-state index is -0.476. The Balaban J connectivity index is 1.39. The van der Waals surface area contributed by atoms with Crippen LogP contribution in [0, 0.1) is 0 Å². The first-order valence-electron chi connectivity index (χ1n) is 11.4. The molecule has 1 aromatic heterocycles. The molecule has 37 heavy (non-hydrogen) atoms. The van der Waals surface area contributed by atoms with Crippen molar-refractivity contribution >= 4 is 46.9 Å². The largest absolute Gasteiger partial charge is 0.325 e. The minimum Gasteiger partial charge on any atom is -0.325 e. The number of para-hydroxylation sites is 1. The average molecular weight is 509 g/mol. The van der Waals surface area contributed by atoms with E-state index in [9.17, 15) is 14.4 Å². The Bertz CT molecular complexity index is 1380. The molecule has 3 N–H and O–H groups in total. The maximum atomic E-state index is 13.1. The molecule has 3 amide bonds. The van der Waals surface area contributed by atoms with E-state index in [4.69, 9.17) is 0 Å². The highest BCUT2D eigenvalue weighted by atomic mass is 32.2. The van der Waals surface area contributed by atoms with Gasteiger partial charge in [0.15, 0.2) is 0 Å². The van der Waals surface area contributed by atoms with Gasteiger partial charge in [-0.3, -0.25) is 19.4 Å². The highest BCUT2D eigenvalue weighted by molar-refractivity contribution is 8.00. The number of rotatable bonds is 9. The van der Waals surface area contributed by atoms with Crippen LogP contribution in [0.2, 0.25) is 0 Å². The molecule has 184 valence electrons. The predicted octanol–water partition coefficient (Wildman–Crippen LogP) is 5.22. The molecule has 0 spiro atoms. The van der Waals surface area contributed by atoms with Gasteiger partial charge < -0.3 is 16.0 Å². The van der Waals surface area contributed by atoms with E-state index in [0.29, 0.717) is 16.8 Å². The molecule has 0 aliphatic rings. The molecule has 0 aliphatic heterocycles. The van der Waals surface area contributed by atoms with Crippen molar-refractivity contribution < 1.29 is 14.4 Å². The maximum absolute atomic E-state index is 13.1. The number of benzene rings is 3. The minimum absolute atomic E-state index is 0.0814. The molecule has 0 bridgehead atoms. The van der Waals surface area contributed by atoms with E-state index in [0.717, 1.165) is 10.6 Å². The van der Waals surface area contributed by atoms with Crippen LogP contribution in [0.3, 0.4) is 0 Å². The molecule has 0 saturated carbocycles. The van der Waals surface area contributed by atoms with Gasteiger partial charge in [-0.15, -0.1) is 11.8 Å². The van der Waals surface area contributed by atoms with Crippen molar-refractivity contribution in [3.8, 4) is 0 Å². The molecule has 0 radical (unpaired) electrons. The van der Waals surface area contributed by atoms with Crippen molar-refractivity contribution in [2.45, 2.75) is 4.90 Å². The highest BCUT2D eigenvalue weighted by Crippen LogP contribution is 2.21. The van der Waals surface area contributed by atoms with Gasteiger partial charge in [0.25, 0.3) is 11.8 Å². The van der Waals surface area contributed by atoms with Gasteiger partial charge in [-0.1, -0.05) is 42.5 Å². The molecular weight excluding hydrogens is 484 g/mol. The molecule has 4 rings (SSSR count). The lowest BCUT2D eigenvalue weighted by Gasteiger charge is -2.12. The van der Waals surface area contributed by atoms with Crippen LogP contribution in [0.25, 0.3) is 6.08 Å². The van der Waals surface area contributed by atoms with Crippen LogP contribution in [-0.2, 0) is 9.59 Å². The molecule has 0 fully saturated rings. The molecular formula is C29H24N4O3S. The number of pyridine rings is 1. The molecule has 3 aromatic carbocycles. The summed E-state index contributed by atoms with van der Waals surface area (Å²) in [6, 6.07) is 28.6. The fourth-order valence-corrected chi connectivity index (χ4v) is 3.97. The van der Waals surface area contributed by atoms with Crippen molar-refractivity contribution in [3.63, 3.8) is 0 Å². The van der Waals surface area contributed by atoms with Crippen molar-refractivity contribution in [3.05, 3.63) is 126 Å². The zero-order chi connectivity index (χ0) is 25.9. The zero-order valence-electron chi connectivity index (χ0n) is 19.8. The van der Waals surface area contributed by atoms with E-state index < -0.39 is 11.8 Å². The second-order valence-electron chi connectivity index (χ2n) is 7.85. The van der Waals surface area contributed by atoms with E-state index in [-0.39, 0.29) is 17.4 Å². The molecule has 0 unspecified atom stereocenters. The van der Waals surface area contributed by atoms with Crippen LogP contribution in [0.15, 0.2) is 120 Å². The first-order chi connectivity index (χ1) is 18.1. The number of hydrogen-bond acceptors (Lipinski definition) is 5. The number of amides is 3. The topological polar surface area (TPSA) is 100 Å². The van der Waals surface area contributed by atoms with Crippen LogP contribution in [-0.4, -0.2) is 28.5 Å². The maximum Gasteiger partial charge on any atom is 0.272 e. The number of nitrogens with zero attached hydrogens (tertiary/aromatic N) is 1. The lowest BCUT2D eigenvalue weighted by Crippen LogP contribution is -2.30. The number of aromatic nitrogens is 1. The zero-order valence-corrected chi connectivity index (χ0v) is 20.6. The summed E-state index contributed by atoms with van der Waals surface area (Å²) in [4.78, 5) is 42.9. The summed E-state index contributed by atoms with van der Waals surface area (Å²) < 4.78 is 0. The summed E-state index contributed by atoms with van der Waals surface area (Å²) in [5.74, 6) is -0.723. The summed E-state index contributed by atoms with van der Waals surface area (Å²) in [6.07, 6.45) is 4.80. The summed E-state index contributed by atoms with van der Waals surface area (Å²) >= 11 is 1.39. The van der Waals surface area contributed by atoms with Gasteiger partial charge in [-0.2, -0.15) is 0 Å². The molecule has 7 nitrogen and oxygen atoms in total. The van der Waals surface area contributed by atoms with Crippen LogP contribution < -0.4 is 16.0 Å². The van der Waals surface area contributed by atoms with E-state index in [2.05, 4.69) is 20.9 Å². The SMILES string of the molecule is O=C(CSc1ccc(NC(=O)/C(=C/c2cccnc2)NC(=O)c2ccccc2)cc1)Nc1ccccc1. The van der Waals surface area contributed by atoms with Crippen molar-refractivity contribution in [1.29, 1.82) is 0 Å². The monoisotopic (exact) mass is 508 g/mol. The summed E-state index contributed by atoms with van der Waals surface area (Å²) in [6.45, 7) is 0. The number of hydrogen-bond donors (Lipinski definition) is 3. The Morgan fingerprint density at radius 1 is 0.757 bits per heavy atom. The Kier molecular flexibility index (Phi) is 8.82. The summed E-state index contributed by atoms with van der Waals surface area (Å²) in [5, 5.41) is 8.36. The molecule has 8 heteroatoms. The van der Waals surface area contributed by atoms with E-state index >= 15 is 0 Å². The van der Waals surface area contributed by atoms with Gasteiger partial charge in [-0.25, -0.2) is 0 Å². The van der Waals surface area contributed by atoms with Gasteiger partial charge in [-0.05, 0) is 66.2 Å². The number of thioether (sulfide) groups is 1. The standard InChI is InChI=1S/C29H24N4O3S/c34-27(31-23-11-5-2-6-12-23)20-37-25-15-13-24(14-16-25)32-29(36)26(18-21-8-7-17-30-19-21)33-28(35)22-9-3-1-4-10-22/h1-19H,20H2,(H,31,34)(H,32,36)(H,33,35)/b26-18-. The van der Waals surface area contributed by atoms with Crippen molar-refractivity contribution in [1.82, 2.24) is 10.3 Å². The van der Waals surface area contributed by atoms with Crippen molar-refractivity contribution in [2.24, 2.45) is 0 Å². The average Bonchev–Trinajstić information content (AvgIpc) is 2.94. The third-order valence-corrected chi connectivity index (χ3v) is 6.08. The highest BCUT2D eigenvalue weighted by Gasteiger charge is 2.15. The fourth-order valence-electron chi connectivity index (χ4n) is 3.27. The van der Waals surface area contributed by atoms with E-state index in [1.807, 2.05) is 48.5 Å². The van der Waals surface area contributed by atoms with Gasteiger partial charge in [0.2, 0.25) is 5.91 Å². The predicted molar refractivity (Wildman–Crippen MR) is 147 cm³/mol. The molecule has 1 heterocycles. The Morgan fingerprint density at radius 3 is 2.11 bits per heavy atom. The Morgan fingerprint density at radius 2 is 1.43 bits per heavy atom. The Hall–Kier alpha value is -4.69. The van der Waals surface area contributed by atoms with Crippen molar-refractivity contribution in [2.75, 3.05) is 16.4 Å². The fraction of sp³-hybridized carbons (Fsp3) is 0.0345. The van der Waals surface area contributed by atoms with E-state index in [1.165, 1.54) is 11.8 Å². The van der Waals surface area contributed by atoms with Crippen LogP contribution in [0.4, 0.5) is 11.4 Å². The molecule has 4 aromatic rings. The van der Waals surface area contributed by atoms with Gasteiger partial charge in [0, 0.05) is 34.2 Å². The van der Waals surface area contributed by atoms with Crippen LogP contribution in [0.1, 0.15) is 15.9 Å². The third-order valence-electron chi connectivity index (χ3n) is 5.06. The van der Waals surface area contributed by atoms with Crippen LogP contribution >= 0.6 is 11.8 Å². The molecule has 0 atom stereocenters. The first-order valence-corrected chi connectivity index (χ1v) is 12.4. The first kappa shape index (κ1) is 25.4. The number of carbonyl (C=O) groups is 3. The number of nitrogens with one attached hydrogen (secondary N) is 3. The second kappa shape index (κ2) is 12.9. The summed E-state index contributed by atoms with van der Waals surface area (Å²) in [7, 11) is 0. The van der Waals surface area contributed by atoms with Gasteiger partial charge in [0.1, 0.15) is 5.70 Å². The lowest BCUT2D eigenvalue weighted by molar-refractivity contribution is -0.114.